The van der Waals surface area contributed by atoms with Gasteiger partial charge >= 0.3 is 6.18 Å². The summed E-state index contributed by atoms with van der Waals surface area (Å²) in [7, 11) is 1.65. The van der Waals surface area contributed by atoms with Crippen LogP contribution in [0.5, 0.6) is 0 Å². The number of likely N-dealkylation sites (N-methyl/N-ethyl adjacent to an activating group) is 1. The van der Waals surface area contributed by atoms with E-state index in [2.05, 4.69) is 0 Å². The second-order valence-electron chi connectivity index (χ2n) is 5.24. The number of alkyl halides is 3. The fourth-order valence-corrected chi connectivity index (χ4v) is 2.11. The predicted octanol–water partition coefficient (Wildman–Crippen LogP) is 3.23. The molecular weight excluding hydrogens is 295 g/mol. The molecule has 1 aromatic rings. The molecule has 22 heavy (non-hydrogen) atoms. The average Bonchev–Trinajstić information content (AvgIpc) is 2.48. The predicted molar refractivity (Wildman–Crippen MR) is 76.7 cm³/mol. The molecule has 120 valence electrons. The lowest BCUT2D eigenvalue weighted by molar-refractivity contribution is -0.190. The summed E-state index contributed by atoms with van der Waals surface area (Å²) in [5, 5.41) is 9.40. The molecule has 0 saturated carbocycles. The van der Waals surface area contributed by atoms with Crippen LogP contribution in [-0.2, 0) is 11.3 Å². The highest BCUT2D eigenvalue weighted by atomic mass is 19.4. The minimum absolute atomic E-state index is 0.201. The zero-order valence-electron chi connectivity index (χ0n) is 12.3. The first-order chi connectivity index (χ1) is 10.3. The first-order valence-electron chi connectivity index (χ1n) is 6.86. The van der Waals surface area contributed by atoms with Gasteiger partial charge in [-0.2, -0.15) is 13.2 Å². The zero-order valence-corrected chi connectivity index (χ0v) is 12.3. The largest absolute Gasteiger partial charge is 0.491 e. The lowest BCUT2D eigenvalue weighted by Crippen LogP contribution is -2.36. The van der Waals surface area contributed by atoms with E-state index in [1.54, 1.807) is 11.9 Å². The normalized spacial score (nSPS) is 20.3. The van der Waals surface area contributed by atoms with Crippen molar-refractivity contribution in [1.82, 2.24) is 4.90 Å². The molecule has 0 spiro atoms. The summed E-state index contributed by atoms with van der Waals surface area (Å²) in [5.74, 6) is 0.396. The van der Waals surface area contributed by atoms with Crippen molar-refractivity contribution >= 4 is 0 Å². The maximum absolute atomic E-state index is 12.7. The van der Waals surface area contributed by atoms with Gasteiger partial charge in [-0.15, -0.1) is 0 Å². The topological polar surface area (TPSA) is 32.7 Å². The van der Waals surface area contributed by atoms with Crippen LogP contribution in [0.3, 0.4) is 0 Å². The van der Waals surface area contributed by atoms with Crippen molar-refractivity contribution in [3.05, 3.63) is 59.5 Å². The van der Waals surface area contributed by atoms with Gasteiger partial charge in [0.2, 0.25) is 0 Å². The van der Waals surface area contributed by atoms with Crippen molar-refractivity contribution in [2.45, 2.75) is 31.9 Å². The van der Waals surface area contributed by atoms with E-state index in [1.807, 2.05) is 37.3 Å². The van der Waals surface area contributed by atoms with Crippen LogP contribution in [-0.4, -0.2) is 35.4 Å². The fraction of sp³-hybridized carbons (Fsp3) is 0.375. The Morgan fingerprint density at radius 3 is 2.50 bits per heavy atom. The summed E-state index contributed by atoms with van der Waals surface area (Å²) in [6.45, 7) is 2.09. The second kappa shape index (κ2) is 6.44. The number of hydrogen-bond donors (Lipinski definition) is 1. The maximum Gasteiger partial charge on any atom is 0.418 e. The Labute approximate surface area is 127 Å². The number of nitrogens with zero attached hydrogens (tertiary/aromatic N) is 1. The Kier molecular flexibility index (Phi) is 4.81. The molecule has 0 fully saturated rings. The molecule has 0 saturated heterocycles. The molecule has 1 aliphatic rings. The average molecular weight is 313 g/mol. The van der Waals surface area contributed by atoms with Gasteiger partial charge in [0.15, 0.2) is 6.10 Å². The summed E-state index contributed by atoms with van der Waals surface area (Å²) in [5.41, 5.74) is 0.696. The summed E-state index contributed by atoms with van der Waals surface area (Å²) in [6.07, 6.45) is -4.66. The first-order valence-corrected chi connectivity index (χ1v) is 6.86. The quantitative estimate of drug-likeness (QED) is 0.926. The number of halogens is 3. The van der Waals surface area contributed by atoms with Gasteiger partial charge in [-0.25, -0.2) is 0 Å². The van der Waals surface area contributed by atoms with Crippen molar-refractivity contribution in [3.8, 4) is 0 Å². The Morgan fingerprint density at radius 2 is 1.91 bits per heavy atom. The Bertz CT molecular complexity index is 567. The van der Waals surface area contributed by atoms with Crippen LogP contribution in [0.1, 0.15) is 12.5 Å². The summed E-state index contributed by atoms with van der Waals surface area (Å²) in [4.78, 5) is 1.59. The zero-order chi connectivity index (χ0) is 16.3. The third-order valence-corrected chi connectivity index (χ3v) is 3.56. The maximum atomic E-state index is 12.7. The summed E-state index contributed by atoms with van der Waals surface area (Å²) < 4.78 is 43.6. The van der Waals surface area contributed by atoms with Gasteiger partial charge in [0.05, 0.1) is 6.04 Å². The van der Waals surface area contributed by atoms with Gasteiger partial charge < -0.3 is 14.7 Å². The molecule has 3 nitrogen and oxygen atoms in total. The molecule has 1 aliphatic heterocycles. The van der Waals surface area contributed by atoms with E-state index in [4.69, 9.17) is 4.74 Å². The van der Waals surface area contributed by atoms with Crippen LogP contribution in [0.15, 0.2) is 53.9 Å². The highest BCUT2D eigenvalue weighted by Crippen LogP contribution is 2.30. The van der Waals surface area contributed by atoms with E-state index in [0.717, 1.165) is 5.56 Å². The molecular formula is C16H18F3NO2. The summed E-state index contributed by atoms with van der Waals surface area (Å²) in [6, 6.07) is 9.15. The third kappa shape index (κ3) is 3.82. The lowest BCUT2D eigenvalue weighted by Gasteiger charge is -2.32. The molecule has 6 heteroatoms. The molecule has 0 bridgehead atoms. The Hall–Kier alpha value is -1.95. The van der Waals surface area contributed by atoms with Gasteiger partial charge in [-0.1, -0.05) is 30.3 Å². The monoisotopic (exact) mass is 313 g/mol. The van der Waals surface area contributed by atoms with Crippen LogP contribution in [0, 0.1) is 0 Å². The number of rotatable bonds is 4. The second-order valence-corrected chi connectivity index (χ2v) is 5.24. The fourth-order valence-electron chi connectivity index (χ4n) is 2.11. The number of aliphatic hydroxyl groups excluding tert-OH is 1. The molecule has 1 heterocycles. The highest BCUT2D eigenvalue weighted by Gasteiger charge is 2.41. The van der Waals surface area contributed by atoms with Crippen LogP contribution in [0.25, 0.3) is 0 Å². The minimum atomic E-state index is -4.70. The van der Waals surface area contributed by atoms with Crippen molar-refractivity contribution in [1.29, 1.82) is 0 Å². The van der Waals surface area contributed by atoms with Crippen molar-refractivity contribution in [2.75, 3.05) is 7.05 Å². The SMILES string of the molecule is CC1C(OCc2ccccc2)=CC(C(O)C(F)(F)F)=CN1C. The standard InChI is InChI=1S/C16H18F3NO2/c1-11-14(22-10-12-6-4-3-5-7-12)8-13(9-20(11)2)15(21)16(17,18)19/h3-9,11,15,21H,10H2,1-2H3. The van der Waals surface area contributed by atoms with E-state index in [9.17, 15) is 18.3 Å². The Morgan fingerprint density at radius 1 is 1.27 bits per heavy atom. The molecule has 0 radical (unpaired) electrons. The van der Waals surface area contributed by atoms with E-state index < -0.39 is 12.3 Å². The number of ether oxygens (including phenoxy) is 1. The lowest BCUT2D eigenvalue weighted by atomic mass is 10.0. The van der Waals surface area contributed by atoms with Gasteiger partial charge in [-0.05, 0) is 18.6 Å². The van der Waals surface area contributed by atoms with Crippen LogP contribution < -0.4 is 0 Å². The van der Waals surface area contributed by atoms with Crippen LogP contribution >= 0.6 is 0 Å². The molecule has 1 aromatic carbocycles. The third-order valence-electron chi connectivity index (χ3n) is 3.56. The van der Waals surface area contributed by atoms with Crippen LogP contribution in [0.4, 0.5) is 13.2 Å². The molecule has 0 amide bonds. The van der Waals surface area contributed by atoms with Crippen molar-refractivity contribution in [2.24, 2.45) is 0 Å². The Balaban J connectivity index is 2.14. The van der Waals surface area contributed by atoms with Gasteiger partial charge in [0.1, 0.15) is 12.4 Å². The molecule has 2 rings (SSSR count). The molecule has 0 aliphatic carbocycles. The van der Waals surface area contributed by atoms with Gasteiger partial charge in [0, 0.05) is 18.8 Å². The van der Waals surface area contributed by atoms with E-state index in [0.29, 0.717) is 5.76 Å². The van der Waals surface area contributed by atoms with Crippen LogP contribution in [0.2, 0.25) is 0 Å². The highest BCUT2D eigenvalue weighted by molar-refractivity contribution is 5.32. The van der Waals surface area contributed by atoms with Gasteiger partial charge in [-0.3, -0.25) is 0 Å². The van der Waals surface area contributed by atoms with E-state index in [1.165, 1.54) is 12.3 Å². The molecule has 2 unspecified atom stereocenters. The van der Waals surface area contributed by atoms with Gasteiger partial charge in [0.25, 0.3) is 0 Å². The van der Waals surface area contributed by atoms with E-state index in [-0.39, 0.29) is 18.2 Å². The van der Waals surface area contributed by atoms with Crippen molar-refractivity contribution in [3.63, 3.8) is 0 Å². The number of hydrogen-bond acceptors (Lipinski definition) is 3. The summed E-state index contributed by atoms with van der Waals surface area (Å²) >= 11 is 0. The van der Waals surface area contributed by atoms with Crippen molar-refractivity contribution < 1.29 is 23.0 Å². The number of benzene rings is 1. The van der Waals surface area contributed by atoms with E-state index >= 15 is 0 Å². The smallest absolute Gasteiger partial charge is 0.418 e. The molecule has 0 aromatic heterocycles. The molecule has 2 atom stereocenters. The minimum Gasteiger partial charge on any atom is -0.491 e. The molecule has 1 N–H and O–H groups in total. The first kappa shape index (κ1) is 16.4. The number of aliphatic hydroxyl groups is 1.